The highest BCUT2D eigenvalue weighted by Crippen LogP contribution is 2.20. The topological polar surface area (TPSA) is 87.3 Å². The lowest BCUT2D eigenvalue weighted by molar-refractivity contribution is 0.115. The van der Waals surface area contributed by atoms with Gasteiger partial charge in [-0.05, 0) is 19.4 Å². The summed E-state index contributed by atoms with van der Waals surface area (Å²) in [5.74, 6) is 0.630. The fraction of sp³-hybridized carbons (Fsp3) is 0.400. The molecule has 1 amide bonds. The molecule has 1 fully saturated rings. The predicted molar refractivity (Wildman–Crippen MR) is 83.0 cm³/mol. The number of nitrogens with zero attached hydrogens (tertiary/aromatic N) is 2. The number of ether oxygens (including phenoxy) is 1. The summed E-state index contributed by atoms with van der Waals surface area (Å²) in [5.41, 5.74) is -0.208. The van der Waals surface area contributed by atoms with Gasteiger partial charge in [-0.3, -0.25) is 4.79 Å². The maximum atomic E-state index is 11.8. The monoisotopic (exact) mass is 302 g/mol. The third kappa shape index (κ3) is 2.74. The van der Waals surface area contributed by atoms with Crippen LogP contribution in [0.1, 0.15) is 13.3 Å². The highest BCUT2D eigenvalue weighted by Gasteiger charge is 2.27. The lowest BCUT2D eigenvalue weighted by atomic mass is 10.1. The molecule has 1 atom stereocenters. The van der Waals surface area contributed by atoms with Crippen LogP contribution in [-0.4, -0.2) is 46.9 Å². The van der Waals surface area contributed by atoms with Crippen molar-refractivity contribution in [2.75, 3.05) is 25.0 Å². The number of anilines is 1. The second-order valence-corrected chi connectivity index (χ2v) is 5.22. The lowest BCUT2D eigenvalue weighted by Gasteiger charge is -2.17. The molecule has 116 valence electrons. The zero-order valence-corrected chi connectivity index (χ0v) is 12.3. The number of nitrogens with one attached hydrogen (secondary N) is 2. The van der Waals surface area contributed by atoms with E-state index in [1.54, 1.807) is 17.9 Å². The Kier molecular flexibility index (Phi) is 3.95. The van der Waals surface area contributed by atoms with Gasteiger partial charge in [0.15, 0.2) is 5.82 Å². The van der Waals surface area contributed by atoms with Gasteiger partial charge in [0.2, 0.25) is 0 Å². The largest absolute Gasteiger partial charge is 0.450 e. The highest BCUT2D eigenvalue weighted by atomic mass is 16.6. The molecule has 1 aliphatic rings. The number of likely N-dealkylation sites (tertiary alicyclic amines) is 1. The molecule has 1 unspecified atom stereocenters. The van der Waals surface area contributed by atoms with Gasteiger partial charge in [0.1, 0.15) is 0 Å². The lowest BCUT2D eigenvalue weighted by Crippen LogP contribution is -2.32. The minimum Gasteiger partial charge on any atom is -0.450 e. The van der Waals surface area contributed by atoms with Crippen LogP contribution in [0, 0.1) is 0 Å². The van der Waals surface area contributed by atoms with E-state index in [0.717, 1.165) is 11.8 Å². The quantitative estimate of drug-likeness (QED) is 0.898. The number of aromatic amines is 1. The van der Waals surface area contributed by atoms with Crippen molar-refractivity contribution in [1.82, 2.24) is 15.1 Å². The molecule has 22 heavy (non-hydrogen) atoms. The van der Waals surface area contributed by atoms with E-state index in [0.29, 0.717) is 30.9 Å². The average Bonchev–Trinajstić information content (AvgIpc) is 2.99. The smallest absolute Gasteiger partial charge is 0.409 e. The standard InChI is InChI=1S/C15H18N4O3/c1-2-22-15(21)19-8-7-10(9-19)16-13-11-5-3-4-6-12(11)14(20)18-17-13/h3-6,10H,2,7-9H2,1H3,(H,16,17)(H,18,20). The Balaban J connectivity index is 1.76. The van der Waals surface area contributed by atoms with E-state index in [1.165, 1.54) is 0 Å². The first-order valence-electron chi connectivity index (χ1n) is 7.34. The third-order valence-corrected chi connectivity index (χ3v) is 3.75. The van der Waals surface area contributed by atoms with Crippen LogP contribution >= 0.6 is 0 Å². The van der Waals surface area contributed by atoms with Crippen LogP contribution in [0.15, 0.2) is 29.1 Å². The summed E-state index contributed by atoms with van der Waals surface area (Å²) in [4.78, 5) is 25.2. The first-order chi connectivity index (χ1) is 10.7. The fourth-order valence-electron chi connectivity index (χ4n) is 2.68. The Morgan fingerprint density at radius 1 is 1.45 bits per heavy atom. The molecule has 0 radical (unpaired) electrons. The number of hydrogen-bond acceptors (Lipinski definition) is 5. The average molecular weight is 302 g/mol. The summed E-state index contributed by atoms with van der Waals surface area (Å²) in [6.45, 7) is 3.38. The van der Waals surface area contributed by atoms with Crippen LogP contribution in [0.3, 0.4) is 0 Å². The fourth-order valence-corrected chi connectivity index (χ4v) is 2.68. The van der Waals surface area contributed by atoms with Gasteiger partial charge < -0.3 is 15.0 Å². The summed E-state index contributed by atoms with van der Waals surface area (Å²) < 4.78 is 5.01. The van der Waals surface area contributed by atoms with Gasteiger partial charge in [0.05, 0.1) is 12.0 Å². The molecule has 7 nitrogen and oxygen atoms in total. The second-order valence-electron chi connectivity index (χ2n) is 5.22. The normalized spacial score (nSPS) is 17.7. The highest BCUT2D eigenvalue weighted by molar-refractivity contribution is 5.90. The number of fused-ring (bicyclic) bond motifs is 1. The van der Waals surface area contributed by atoms with Crippen molar-refractivity contribution in [1.29, 1.82) is 0 Å². The molecule has 2 heterocycles. The van der Waals surface area contributed by atoms with E-state index in [4.69, 9.17) is 4.74 Å². The molecule has 1 aromatic carbocycles. The van der Waals surface area contributed by atoms with E-state index in [1.807, 2.05) is 18.2 Å². The number of aromatic nitrogens is 2. The minimum atomic E-state index is -0.286. The van der Waals surface area contributed by atoms with Crippen LogP contribution in [-0.2, 0) is 4.74 Å². The molecule has 3 rings (SSSR count). The number of benzene rings is 1. The molecule has 2 N–H and O–H groups in total. The molecule has 0 bridgehead atoms. The number of carbonyl (C=O) groups excluding carboxylic acids is 1. The van der Waals surface area contributed by atoms with E-state index < -0.39 is 0 Å². The van der Waals surface area contributed by atoms with Crippen LogP contribution in [0.2, 0.25) is 0 Å². The molecule has 1 aromatic heterocycles. The molecule has 2 aromatic rings. The summed E-state index contributed by atoms with van der Waals surface area (Å²) in [6, 6.07) is 7.40. The van der Waals surface area contributed by atoms with Crippen LogP contribution in [0.25, 0.3) is 10.8 Å². The van der Waals surface area contributed by atoms with Gasteiger partial charge in [-0.1, -0.05) is 18.2 Å². The van der Waals surface area contributed by atoms with Crippen molar-refractivity contribution in [2.45, 2.75) is 19.4 Å². The SMILES string of the molecule is CCOC(=O)N1CCC(Nc2n[nH]c(=O)c3ccccc23)C1. The van der Waals surface area contributed by atoms with E-state index >= 15 is 0 Å². The number of amides is 1. The van der Waals surface area contributed by atoms with Crippen molar-refractivity contribution in [3.63, 3.8) is 0 Å². The molecule has 1 aliphatic heterocycles. The van der Waals surface area contributed by atoms with Crippen molar-refractivity contribution < 1.29 is 9.53 Å². The Hall–Kier alpha value is -2.57. The summed E-state index contributed by atoms with van der Waals surface area (Å²) in [5, 5.41) is 11.3. The van der Waals surface area contributed by atoms with Crippen molar-refractivity contribution in [3.05, 3.63) is 34.6 Å². The third-order valence-electron chi connectivity index (χ3n) is 3.75. The van der Waals surface area contributed by atoms with Gasteiger partial charge in [0.25, 0.3) is 5.56 Å². The Bertz CT molecular complexity index is 743. The summed E-state index contributed by atoms with van der Waals surface area (Å²) >= 11 is 0. The number of rotatable bonds is 3. The molecular weight excluding hydrogens is 284 g/mol. The molecule has 0 spiro atoms. The van der Waals surface area contributed by atoms with E-state index in [9.17, 15) is 9.59 Å². The van der Waals surface area contributed by atoms with Gasteiger partial charge >= 0.3 is 6.09 Å². The van der Waals surface area contributed by atoms with Gasteiger partial charge in [0, 0.05) is 24.5 Å². The molecule has 0 aliphatic carbocycles. The van der Waals surface area contributed by atoms with Crippen molar-refractivity contribution in [2.24, 2.45) is 0 Å². The first-order valence-corrected chi connectivity index (χ1v) is 7.34. The Labute approximate surface area is 127 Å². The van der Waals surface area contributed by atoms with Crippen LogP contribution in [0.5, 0.6) is 0 Å². The summed E-state index contributed by atoms with van der Waals surface area (Å²) in [6.07, 6.45) is 0.527. The van der Waals surface area contributed by atoms with E-state index in [2.05, 4.69) is 15.5 Å². The van der Waals surface area contributed by atoms with Gasteiger partial charge in [-0.15, -0.1) is 0 Å². The predicted octanol–water partition coefficient (Wildman–Crippen LogP) is 1.57. The second kappa shape index (κ2) is 6.05. The number of hydrogen-bond donors (Lipinski definition) is 2. The first kappa shape index (κ1) is 14.4. The van der Waals surface area contributed by atoms with Crippen LogP contribution in [0.4, 0.5) is 10.6 Å². The van der Waals surface area contributed by atoms with E-state index in [-0.39, 0.29) is 17.7 Å². The number of H-pyrrole nitrogens is 1. The molecular formula is C15H18N4O3. The number of carbonyl (C=O) groups is 1. The van der Waals surface area contributed by atoms with Gasteiger partial charge in [-0.2, -0.15) is 5.10 Å². The molecule has 0 saturated carbocycles. The van der Waals surface area contributed by atoms with Crippen molar-refractivity contribution >= 4 is 22.7 Å². The maximum Gasteiger partial charge on any atom is 0.409 e. The maximum absolute atomic E-state index is 11.8. The minimum absolute atomic E-state index is 0.0891. The Morgan fingerprint density at radius 2 is 2.23 bits per heavy atom. The zero-order chi connectivity index (χ0) is 15.5. The van der Waals surface area contributed by atoms with Crippen LogP contribution < -0.4 is 10.9 Å². The van der Waals surface area contributed by atoms with Gasteiger partial charge in [-0.25, -0.2) is 9.89 Å². The Morgan fingerprint density at radius 3 is 3.00 bits per heavy atom. The molecule has 1 saturated heterocycles. The summed E-state index contributed by atoms with van der Waals surface area (Å²) in [7, 11) is 0. The van der Waals surface area contributed by atoms with Crippen molar-refractivity contribution in [3.8, 4) is 0 Å². The molecule has 7 heteroatoms. The zero-order valence-electron chi connectivity index (χ0n) is 12.3.